The van der Waals surface area contributed by atoms with Gasteiger partial charge in [-0.2, -0.15) is 0 Å². The van der Waals surface area contributed by atoms with Crippen LogP contribution in [-0.2, 0) is 14.8 Å². The quantitative estimate of drug-likeness (QED) is 0.754. The molecule has 0 radical (unpaired) electrons. The van der Waals surface area contributed by atoms with Crippen molar-refractivity contribution in [2.45, 2.75) is 11.7 Å². The van der Waals surface area contributed by atoms with E-state index in [4.69, 9.17) is 9.88 Å². The zero-order chi connectivity index (χ0) is 12.9. The van der Waals surface area contributed by atoms with Crippen molar-refractivity contribution in [3.8, 4) is 0 Å². The maximum atomic E-state index is 12.0. The number of hydrogen-bond donors (Lipinski definition) is 1. The SMILES string of the molecule is COCCC(C(=O)c1ccccc1)S(N)(=O)=O. The molecule has 0 saturated heterocycles. The molecule has 1 atom stereocenters. The Morgan fingerprint density at radius 2 is 1.94 bits per heavy atom. The van der Waals surface area contributed by atoms with Crippen molar-refractivity contribution >= 4 is 15.8 Å². The molecule has 94 valence electrons. The average molecular weight is 257 g/mol. The summed E-state index contributed by atoms with van der Waals surface area (Å²) in [4.78, 5) is 12.0. The van der Waals surface area contributed by atoms with Crippen LogP contribution >= 0.6 is 0 Å². The molecule has 0 bridgehead atoms. The van der Waals surface area contributed by atoms with Crippen molar-refractivity contribution in [1.82, 2.24) is 0 Å². The highest BCUT2D eigenvalue weighted by molar-refractivity contribution is 7.90. The number of ether oxygens (including phenoxy) is 1. The summed E-state index contributed by atoms with van der Waals surface area (Å²) in [6.07, 6.45) is 0.0586. The van der Waals surface area contributed by atoms with E-state index in [1.165, 1.54) is 7.11 Å². The predicted octanol–water partition coefficient (Wildman–Crippen LogP) is 0.563. The zero-order valence-electron chi connectivity index (χ0n) is 9.50. The number of ketones is 1. The van der Waals surface area contributed by atoms with Gasteiger partial charge in [0.15, 0.2) is 5.78 Å². The fraction of sp³-hybridized carbons (Fsp3) is 0.364. The van der Waals surface area contributed by atoms with Crippen LogP contribution in [-0.4, -0.2) is 33.2 Å². The molecule has 0 heterocycles. The number of nitrogens with two attached hydrogens (primary N) is 1. The number of Topliss-reactive ketones (excluding diaryl/α,β-unsaturated/α-hetero) is 1. The first-order valence-corrected chi connectivity index (χ1v) is 6.67. The van der Waals surface area contributed by atoms with Crippen LogP contribution < -0.4 is 5.14 Å². The van der Waals surface area contributed by atoms with Crippen LogP contribution in [0.5, 0.6) is 0 Å². The van der Waals surface area contributed by atoms with Gasteiger partial charge >= 0.3 is 0 Å². The Morgan fingerprint density at radius 3 is 2.41 bits per heavy atom. The highest BCUT2D eigenvalue weighted by Crippen LogP contribution is 2.11. The number of sulfonamides is 1. The fourth-order valence-electron chi connectivity index (χ4n) is 1.46. The summed E-state index contributed by atoms with van der Waals surface area (Å²) in [5.74, 6) is -0.495. The van der Waals surface area contributed by atoms with Gasteiger partial charge in [-0.05, 0) is 6.42 Å². The lowest BCUT2D eigenvalue weighted by Gasteiger charge is -2.13. The highest BCUT2D eigenvalue weighted by Gasteiger charge is 2.29. The van der Waals surface area contributed by atoms with E-state index in [2.05, 4.69) is 0 Å². The molecule has 1 rings (SSSR count). The summed E-state index contributed by atoms with van der Waals surface area (Å²) in [6, 6.07) is 8.21. The van der Waals surface area contributed by atoms with Gasteiger partial charge in [0.25, 0.3) is 0 Å². The van der Waals surface area contributed by atoms with Crippen LogP contribution in [0.2, 0.25) is 0 Å². The summed E-state index contributed by atoms with van der Waals surface area (Å²) in [6.45, 7) is 0.166. The fourth-order valence-corrected chi connectivity index (χ4v) is 2.32. The van der Waals surface area contributed by atoms with Gasteiger partial charge in [-0.1, -0.05) is 30.3 Å². The van der Waals surface area contributed by atoms with Crippen molar-refractivity contribution in [1.29, 1.82) is 0 Å². The van der Waals surface area contributed by atoms with Crippen LogP contribution in [0.15, 0.2) is 30.3 Å². The van der Waals surface area contributed by atoms with Crippen molar-refractivity contribution in [2.24, 2.45) is 5.14 Å². The van der Waals surface area contributed by atoms with E-state index in [0.29, 0.717) is 5.56 Å². The van der Waals surface area contributed by atoms with Gasteiger partial charge in [-0.15, -0.1) is 0 Å². The standard InChI is InChI=1S/C11H15NO4S/c1-16-8-7-10(17(12,14)15)11(13)9-5-3-2-4-6-9/h2-6,10H,7-8H2,1H3,(H2,12,14,15). The molecule has 0 aliphatic carbocycles. The zero-order valence-corrected chi connectivity index (χ0v) is 10.3. The second kappa shape index (κ2) is 5.90. The number of primary sulfonamides is 1. The number of methoxy groups -OCH3 is 1. The minimum Gasteiger partial charge on any atom is -0.385 e. The number of carbonyl (C=O) groups excluding carboxylic acids is 1. The predicted molar refractivity (Wildman–Crippen MR) is 64.2 cm³/mol. The topological polar surface area (TPSA) is 86.5 Å². The van der Waals surface area contributed by atoms with E-state index < -0.39 is 21.1 Å². The number of carbonyl (C=O) groups is 1. The minimum absolute atomic E-state index is 0.0586. The van der Waals surface area contributed by atoms with Crippen molar-refractivity contribution in [2.75, 3.05) is 13.7 Å². The highest BCUT2D eigenvalue weighted by atomic mass is 32.2. The van der Waals surface area contributed by atoms with Crippen LogP contribution in [0.1, 0.15) is 16.8 Å². The molecule has 2 N–H and O–H groups in total. The first-order chi connectivity index (χ1) is 7.96. The molecule has 0 amide bonds. The Balaban J connectivity index is 2.96. The molecule has 0 fully saturated rings. The van der Waals surface area contributed by atoms with Crippen LogP contribution in [0.4, 0.5) is 0 Å². The van der Waals surface area contributed by atoms with E-state index >= 15 is 0 Å². The van der Waals surface area contributed by atoms with Crippen LogP contribution in [0.3, 0.4) is 0 Å². The summed E-state index contributed by atoms with van der Waals surface area (Å²) >= 11 is 0. The van der Waals surface area contributed by atoms with Gasteiger partial charge < -0.3 is 4.74 Å². The van der Waals surface area contributed by atoms with Gasteiger partial charge in [0.1, 0.15) is 5.25 Å². The molecule has 1 unspecified atom stereocenters. The molecule has 0 aliphatic heterocycles. The van der Waals surface area contributed by atoms with E-state index in [0.717, 1.165) is 0 Å². The molecule has 6 heteroatoms. The van der Waals surface area contributed by atoms with Crippen LogP contribution in [0.25, 0.3) is 0 Å². The largest absolute Gasteiger partial charge is 0.385 e. The van der Waals surface area contributed by atoms with Crippen molar-refractivity contribution in [3.05, 3.63) is 35.9 Å². The Hall–Kier alpha value is -1.24. The average Bonchev–Trinajstić information content (AvgIpc) is 2.29. The Kier molecular flexibility index (Phi) is 4.80. The van der Waals surface area contributed by atoms with E-state index in [-0.39, 0.29) is 13.0 Å². The monoisotopic (exact) mass is 257 g/mol. The Morgan fingerprint density at radius 1 is 1.35 bits per heavy atom. The van der Waals surface area contributed by atoms with E-state index in [1.54, 1.807) is 30.3 Å². The lowest BCUT2D eigenvalue weighted by molar-refractivity contribution is 0.0968. The summed E-state index contributed by atoms with van der Waals surface area (Å²) in [7, 11) is -2.48. The van der Waals surface area contributed by atoms with Gasteiger partial charge in [0, 0.05) is 19.3 Å². The molecule has 1 aromatic carbocycles. The second-order valence-corrected chi connectivity index (χ2v) is 5.34. The summed E-state index contributed by atoms with van der Waals surface area (Å²) in [5.41, 5.74) is 0.336. The molecule has 17 heavy (non-hydrogen) atoms. The van der Waals surface area contributed by atoms with Gasteiger partial charge in [-0.25, -0.2) is 13.6 Å². The molecular formula is C11H15NO4S. The third-order valence-corrected chi connectivity index (χ3v) is 3.57. The summed E-state index contributed by atoms with van der Waals surface area (Å²) in [5, 5.41) is 3.81. The Labute approximate surface area is 101 Å². The normalized spacial score (nSPS) is 13.3. The first kappa shape index (κ1) is 13.8. The van der Waals surface area contributed by atoms with E-state index in [9.17, 15) is 13.2 Å². The van der Waals surface area contributed by atoms with E-state index in [1.807, 2.05) is 0 Å². The molecular weight excluding hydrogens is 242 g/mol. The smallest absolute Gasteiger partial charge is 0.219 e. The molecule has 0 aromatic heterocycles. The number of rotatable bonds is 6. The number of hydrogen-bond acceptors (Lipinski definition) is 4. The lowest BCUT2D eigenvalue weighted by atomic mass is 10.1. The van der Waals surface area contributed by atoms with Gasteiger partial charge in [-0.3, -0.25) is 4.79 Å². The third-order valence-electron chi connectivity index (χ3n) is 2.33. The molecule has 0 saturated carbocycles. The van der Waals surface area contributed by atoms with Gasteiger partial charge in [0.2, 0.25) is 10.0 Å². The minimum atomic E-state index is -3.91. The third kappa shape index (κ3) is 3.92. The maximum absolute atomic E-state index is 12.0. The lowest BCUT2D eigenvalue weighted by Crippen LogP contribution is -2.36. The van der Waals surface area contributed by atoms with Crippen molar-refractivity contribution < 1.29 is 17.9 Å². The molecule has 5 nitrogen and oxygen atoms in total. The molecule has 1 aromatic rings. The Bertz CT molecular complexity index is 470. The maximum Gasteiger partial charge on any atom is 0.219 e. The second-order valence-electron chi connectivity index (χ2n) is 3.59. The number of benzene rings is 1. The molecule has 0 aliphatic rings. The first-order valence-electron chi connectivity index (χ1n) is 5.06. The molecule has 0 spiro atoms. The van der Waals surface area contributed by atoms with Crippen molar-refractivity contribution in [3.63, 3.8) is 0 Å². The van der Waals surface area contributed by atoms with Gasteiger partial charge in [0.05, 0.1) is 0 Å². The summed E-state index contributed by atoms with van der Waals surface area (Å²) < 4.78 is 27.5. The van der Waals surface area contributed by atoms with Crippen LogP contribution in [0, 0.1) is 0 Å².